The maximum absolute atomic E-state index is 5.49. The zero-order valence-electron chi connectivity index (χ0n) is 9.05. The molecule has 0 heterocycles. The Morgan fingerprint density at radius 1 is 1.62 bits per heavy atom. The van der Waals surface area contributed by atoms with Crippen LogP contribution in [0.3, 0.4) is 0 Å². The summed E-state index contributed by atoms with van der Waals surface area (Å²) in [5.74, 6) is 0. The van der Waals surface area contributed by atoms with Crippen molar-refractivity contribution in [2.45, 2.75) is 19.9 Å². The van der Waals surface area contributed by atoms with E-state index < -0.39 is 0 Å². The molecule has 0 saturated heterocycles. The van der Waals surface area contributed by atoms with Crippen LogP contribution < -0.4 is 5.73 Å². The first-order valence-electron chi connectivity index (χ1n) is 4.75. The summed E-state index contributed by atoms with van der Waals surface area (Å²) in [7, 11) is 1.72. The molecular weight excluding hydrogens is 164 g/mol. The van der Waals surface area contributed by atoms with Gasteiger partial charge in [-0.2, -0.15) is 0 Å². The molecular formula is C10H22N2O. The smallest absolute Gasteiger partial charge is 0.0615 e. The number of hydrogen-bond donors (Lipinski definition) is 1. The first-order valence-corrected chi connectivity index (χ1v) is 4.75. The van der Waals surface area contributed by atoms with Crippen molar-refractivity contribution < 1.29 is 4.74 Å². The van der Waals surface area contributed by atoms with Crippen molar-refractivity contribution in [3.8, 4) is 0 Å². The predicted octanol–water partition coefficient (Wildman–Crippen LogP) is 0.858. The van der Waals surface area contributed by atoms with Gasteiger partial charge >= 0.3 is 0 Å². The molecule has 1 atom stereocenters. The van der Waals surface area contributed by atoms with Crippen molar-refractivity contribution in [3.63, 3.8) is 0 Å². The van der Waals surface area contributed by atoms with Gasteiger partial charge in [-0.25, -0.2) is 0 Å². The Labute approximate surface area is 81.5 Å². The lowest BCUT2D eigenvalue weighted by atomic mass is 10.2. The highest BCUT2D eigenvalue weighted by molar-refractivity contribution is 4.99. The largest absolute Gasteiger partial charge is 0.383 e. The zero-order valence-corrected chi connectivity index (χ0v) is 9.05. The van der Waals surface area contributed by atoms with E-state index in [1.54, 1.807) is 7.11 Å². The quantitative estimate of drug-likeness (QED) is 0.599. The van der Waals surface area contributed by atoms with E-state index in [-0.39, 0.29) is 0 Å². The third-order valence-electron chi connectivity index (χ3n) is 2.15. The molecule has 78 valence electrons. The fourth-order valence-electron chi connectivity index (χ4n) is 1.28. The van der Waals surface area contributed by atoms with Crippen LogP contribution in [0.1, 0.15) is 13.8 Å². The number of hydrogen-bond acceptors (Lipinski definition) is 3. The second-order valence-electron chi connectivity index (χ2n) is 3.32. The summed E-state index contributed by atoms with van der Waals surface area (Å²) in [4.78, 5) is 2.30. The molecule has 13 heavy (non-hydrogen) atoms. The minimum Gasteiger partial charge on any atom is -0.383 e. The maximum atomic E-state index is 5.49. The average Bonchev–Trinajstić information content (AvgIpc) is 2.14. The van der Waals surface area contributed by atoms with Crippen LogP contribution in [0.25, 0.3) is 0 Å². The van der Waals surface area contributed by atoms with E-state index in [1.807, 2.05) is 0 Å². The van der Waals surface area contributed by atoms with Crippen LogP contribution in [0.2, 0.25) is 0 Å². The molecule has 0 rings (SSSR count). The minimum atomic E-state index is 0.429. The van der Waals surface area contributed by atoms with Crippen molar-refractivity contribution in [2.24, 2.45) is 5.73 Å². The third-order valence-corrected chi connectivity index (χ3v) is 2.15. The summed E-state index contributed by atoms with van der Waals surface area (Å²) in [5, 5.41) is 0. The lowest BCUT2D eigenvalue weighted by molar-refractivity contribution is 0.108. The van der Waals surface area contributed by atoms with Gasteiger partial charge in [0.1, 0.15) is 0 Å². The summed E-state index contributed by atoms with van der Waals surface area (Å²) < 4.78 is 5.10. The molecule has 1 unspecified atom stereocenters. The normalized spacial score (nSPS) is 13.3. The molecule has 0 aliphatic rings. The van der Waals surface area contributed by atoms with Gasteiger partial charge in [-0.05, 0) is 19.0 Å². The molecule has 0 aromatic heterocycles. The van der Waals surface area contributed by atoms with Gasteiger partial charge in [-0.3, -0.25) is 4.90 Å². The molecule has 0 aromatic carbocycles. The molecule has 0 amide bonds. The van der Waals surface area contributed by atoms with Gasteiger partial charge in [-0.15, -0.1) is 0 Å². The summed E-state index contributed by atoms with van der Waals surface area (Å²) in [6, 6.07) is 0.429. The fraction of sp³-hybridized carbons (Fsp3) is 0.800. The highest BCUT2D eigenvalue weighted by Gasteiger charge is 2.11. The molecule has 0 aliphatic heterocycles. The molecule has 0 fully saturated rings. The van der Waals surface area contributed by atoms with Gasteiger partial charge in [0.15, 0.2) is 0 Å². The first-order chi connectivity index (χ1) is 6.15. The SMILES string of the molecule is C=C(CN)CN(CC)C(C)COC. The van der Waals surface area contributed by atoms with Crippen molar-refractivity contribution in [3.05, 3.63) is 12.2 Å². The van der Waals surface area contributed by atoms with Crippen molar-refractivity contribution in [2.75, 3.05) is 33.4 Å². The van der Waals surface area contributed by atoms with Crippen LogP contribution in [0.5, 0.6) is 0 Å². The highest BCUT2D eigenvalue weighted by Crippen LogP contribution is 2.02. The summed E-state index contributed by atoms with van der Waals surface area (Å²) in [6.45, 7) is 11.4. The summed E-state index contributed by atoms with van der Waals surface area (Å²) in [6.07, 6.45) is 0. The van der Waals surface area contributed by atoms with Crippen molar-refractivity contribution in [1.82, 2.24) is 4.90 Å². The highest BCUT2D eigenvalue weighted by atomic mass is 16.5. The van der Waals surface area contributed by atoms with E-state index in [9.17, 15) is 0 Å². The lowest BCUT2D eigenvalue weighted by Crippen LogP contribution is -2.38. The molecule has 3 heteroatoms. The number of ether oxygens (including phenoxy) is 1. The maximum Gasteiger partial charge on any atom is 0.0615 e. The molecule has 0 saturated carbocycles. The predicted molar refractivity (Wildman–Crippen MR) is 56.8 cm³/mol. The van der Waals surface area contributed by atoms with Gasteiger partial charge in [0.05, 0.1) is 6.61 Å². The molecule has 2 N–H and O–H groups in total. The molecule has 0 bridgehead atoms. The molecule has 0 aliphatic carbocycles. The van der Waals surface area contributed by atoms with Crippen LogP contribution in [0, 0.1) is 0 Å². The minimum absolute atomic E-state index is 0.429. The van der Waals surface area contributed by atoms with Crippen LogP contribution >= 0.6 is 0 Å². The van der Waals surface area contributed by atoms with Crippen LogP contribution in [0.15, 0.2) is 12.2 Å². The van der Waals surface area contributed by atoms with Crippen LogP contribution in [0.4, 0.5) is 0 Å². The van der Waals surface area contributed by atoms with Gasteiger partial charge in [0.2, 0.25) is 0 Å². The Morgan fingerprint density at radius 3 is 2.62 bits per heavy atom. The van der Waals surface area contributed by atoms with E-state index >= 15 is 0 Å². The Bertz CT molecular complexity index is 148. The Balaban J connectivity index is 3.93. The van der Waals surface area contributed by atoms with Gasteiger partial charge in [0.25, 0.3) is 0 Å². The summed E-state index contributed by atoms with van der Waals surface area (Å²) in [5.41, 5.74) is 6.57. The monoisotopic (exact) mass is 186 g/mol. The average molecular weight is 186 g/mol. The number of likely N-dealkylation sites (N-methyl/N-ethyl adjacent to an activating group) is 1. The second-order valence-corrected chi connectivity index (χ2v) is 3.32. The van der Waals surface area contributed by atoms with E-state index in [2.05, 4.69) is 25.3 Å². The lowest BCUT2D eigenvalue weighted by Gasteiger charge is -2.27. The number of rotatable bonds is 7. The van der Waals surface area contributed by atoms with Crippen molar-refractivity contribution >= 4 is 0 Å². The van der Waals surface area contributed by atoms with E-state index in [4.69, 9.17) is 10.5 Å². The van der Waals surface area contributed by atoms with Crippen LogP contribution in [-0.4, -0.2) is 44.3 Å². The fourth-order valence-corrected chi connectivity index (χ4v) is 1.28. The Kier molecular flexibility index (Phi) is 6.86. The molecule has 0 radical (unpaired) electrons. The van der Waals surface area contributed by atoms with E-state index in [0.717, 1.165) is 25.3 Å². The van der Waals surface area contributed by atoms with Gasteiger partial charge in [-0.1, -0.05) is 13.5 Å². The number of nitrogens with zero attached hydrogens (tertiary/aromatic N) is 1. The van der Waals surface area contributed by atoms with E-state index in [0.29, 0.717) is 12.6 Å². The van der Waals surface area contributed by atoms with Crippen LogP contribution in [-0.2, 0) is 4.74 Å². The van der Waals surface area contributed by atoms with Gasteiger partial charge < -0.3 is 10.5 Å². The molecule has 3 nitrogen and oxygen atoms in total. The summed E-state index contributed by atoms with van der Waals surface area (Å²) >= 11 is 0. The second kappa shape index (κ2) is 7.06. The molecule has 0 spiro atoms. The Hall–Kier alpha value is -0.380. The van der Waals surface area contributed by atoms with Crippen molar-refractivity contribution in [1.29, 1.82) is 0 Å². The topological polar surface area (TPSA) is 38.5 Å². The van der Waals surface area contributed by atoms with Gasteiger partial charge in [0, 0.05) is 26.2 Å². The molecule has 0 aromatic rings. The number of methoxy groups -OCH3 is 1. The number of nitrogens with two attached hydrogens (primary N) is 1. The Morgan fingerprint density at radius 2 is 2.23 bits per heavy atom. The zero-order chi connectivity index (χ0) is 10.3. The third kappa shape index (κ3) is 5.03. The first kappa shape index (κ1) is 12.6. The standard InChI is InChI=1S/C10H22N2O/c1-5-12(7-9(2)6-11)10(3)8-13-4/h10H,2,5-8,11H2,1,3-4H3. The van der Waals surface area contributed by atoms with E-state index in [1.165, 1.54) is 0 Å².